The van der Waals surface area contributed by atoms with Crippen molar-refractivity contribution in [1.82, 2.24) is 9.80 Å². The Bertz CT molecular complexity index is 698. The molecule has 1 aromatic rings. The first-order chi connectivity index (χ1) is 12.0. The molecule has 0 N–H and O–H groups in total. The average Bonchev–Trinajstić information content (AvgIpc) is 3.00. The Kier molecular flexibility index (Phi) is 5.91. The molecule has 0 aromatic heterocycles. The van der Waals surface area contributed by atoms with Crippen LogP contribution in [0.5, 0.6) is 5.75 Å². The van der Waals surface area contributed by atoms with Crippen LogP contribution in [0.1, 0.15) is 6.42 Å². The fourth-order valence-electron chi connectivity index (χ4n) is 3.31. The van der Waals surface area contributed by atoms with Crippen molar-refractivity contribution >= 4 is 27.5 Å². The van der Waals surface area contributed by atoms with Crippen LogP contribution < -0.4 is 4.74 Å². The third-order valence-electron chi connectivity index (χ3n) is 4.81. The molecule has 25 heavy (non-hydrogen) atoms. The number of hydrogen-bond acceptors (Lipinski definition) is 6. The van der Waals surface area contributed by atoms with E-state index in [0.29, 0.717) is 24.6 Å². The molecule has 6 nitrogen and oxygen atoms in total. The Hall–Kier alpha value is -1.25. The fourth-order valence-corrected chi connectivity index (χ4v) is 5.87. The van der Waals surface area contributed by atoms with Gasteiger partial charge in [0.15, 0.2) is 9.84 Å². The minimum Gasteiger partial charge on any atom is -0.497 e. The van der Waals surface area contributed by atoms with Gasteiger partial charge in [0.25, 0.3) is 0 Å². The van der Waals surface area contributed by atoms with Gasteiger partial charge < -0.3 is 9.64 Å². The molecule has 138 valence electrons. The van der Waals surface area contributed by atoms with Crippen LogP contribution in [0.2, 0.25) is 0 Å². The summed E-state index contributed by atoms with van der Waals surface area (Å²) in [5.74, 6) is 1.94. The number of carbonyl (C=O) groups excluding carboxylic acids is 1. The van der Waals surface area contributed by atoms with E-state index in [2.05, 4.69) is 4.90 Å². The predicted molar refractivity (Wildman–Crippen MR) is 98.9 cm³/mol. The number of thioether (sulfide) groups is 1. The normalized spacial score (nSPS) is 23.6. The first kappa shape index (κ1) is 18.5. The van der Waals surface area contributed by atoms with Gasteiger partial charge in [-0.1, -0.05) is 0 Å². The highest BCUT2D eigenvalue weighted by atomic mass is 32.2. The van der Waals surface area contributed by atoms with Crippen LogP contribution in [-0.2, 0) is 14.6 Å². The zero-order valence-electron chi connectivity index (χ0n) is 14.4. The molecule has 0 bridgehead atoms. The zero-order chi connectivity index (χ0) is 17.9. The minimum absolute atomic E-state index is 0.135. The van der Waals surface area contributed by atoms with Crippen molar-refractivity contribution in [2.24, 2.45) is 0 Å². The number of ether oxygens (including phenoxy) is 1. The molecule has 0 saturated carbocycles. The molecule has 1 amide bonds. The van der Waals surface area contributed by atoms with Gasteiger partial charge in [-0.2, -0.15) is 0 Å². The largest absolute Gasteiger partial charge is 0.497 e. The number of nitrogens with zero attached hydrogens (tertiary/aromatic N) is 2. The second-order valence-electron chi connectivity index (χ2n) is 6.44. The maximum absolute atomic E-state index is 12.4. The fraction of sp³-hybridized carbons (Fsp3) is 0.588. The number of piperazine rings is 1. The molecule has 0 spiro atoms. The van der Waals surface area contributed by atoms with Crippen LogP contribution in [0, 0.1) is 0 Å². The van der Waals surface area contributed by atoms with Gasteiger partial charge in [-0.25, -0.2) is 8.42 Å². The van der Waals surface area contributed by atoms with Gasteiger partial charge >= 0.3 is 0 Å². The highest BCUT2D eigenvalue weighted by Gasteiger charge is 2.34. The number of amides is 1. The van der Waals surface area contributed by atoms with Crippen LogP contribution >= 0.6 is 11.8 Å². The molecule has 2 fully saturated rings. The molecule has 0 aliphatic carbocycles. The summed E-state index contributed by atoms with van der Waals surface area (Å²) in [4.78, 5) is 17.5. The van der Waals surface area contributed by atoms with Crippen LogP contribution in [0.3, 0.4) is 0 Å². The Morgan fingerprint density at radius 2 is 1.88 bits per heavy atom. The molecule has 2 aliphatic heterocycles. The Morgan fingerprint density at radius 1 is 1.20 bits per heavy atom. The second kappa shape index (κ2) is 7.97. The first-order valence-electron chi connectivity index (χ1n) is 8.46. The summed E-state index contributed by atoms with van der Waals surface area (Å²) in [6, 6.07) is 7.82. The highest BCUT2D eigenvalue weighted by Crippen LogP contribution is 2.23. The van der Waals surface area contributed by atoms with E-state index in [1.54, 1.807) is 7.11 Å². The first-order valence-corrected chi connectivity index (χ1v) is 11.3. The molecule has 8 heteroatoms. The molecule has 3 rings (SSSR count). The van der Waals surface area contributed by atoms with E-state index in [9.17, 15) is 13.2 Å². The standard InChI is InChI=1S/C17H24N2O4S2/c1-23-15-2-4-16(5-3-15)24-12-17(20)19-9-7-18(8-10-19)14-6-11-25(21,22)13-14/h2-5,14H,6-13H2,1H3/t14-/m0/s1. The van der Waals surface area contributed by atoms with Crippen LogP contribution in [0.25, 0.3) is 0 Å². The zero-order valence-corrected chi connectivity index (χ0v) is 16.0. The molecule has 0 radical (unpaired) electrons. The number of sulfone groups is 1. The summed E-state index contributed by atoms with van der Waals surface area (Å²) >= 11 is 1.53. The number of methoxy groups -OCH3 is 1. The quantitative estimate of drug-likeness (QED) is 0.709. The van der Waals surface area contributed by atoms with Crippen molar-refractivity contribution in [3.05, 3.63) is 24.3 Å². The third-order valence-corrected chi connectivity index (χ3v) is 7.56. The van der Waals surface area contributed by atoms with E-state index in [1.807, 2.05) is 29.2 Å². The van der Waals surface area contributed by atoms with E-state index >= 15 is 0 Å². The maximum atomic E-state index is 12.4. The van der Waals surface area contributed by atoms with E-state index in [4.69, 9.17) is 4.74 Å². The average molecular weight is 385 g/mol. The third kappa shape index (κ3) is 4.89. The number of carbonyl (C=O) groups is 1. The Labute approximate surface area is 153 Å². The van der Waals surface area contributed by atoms with Gasteiger partial charge in [-0.05, 0) is 30.7 Å². The lowest BCUT2D eigenvalue weighted by Gasteiger charge is -2.37. The molecule has 1 aromatic carbocycles. The minimum atomic E-state index is -2.85. The molecule has 2 heterocycles. The number of benzene rings is 1. The lowest BCUT2D eigenvalue weighted by Crippen LogP contribution is -2.52. The van der Waals surface area contributed by atoms with Gasteiger partial charge in [-0.3, -0.25) is 9.69 Å². The van der Waals surface area contributed by atoms with Crippen molar-refractivity contribution in [2.45, 2.75) is 17.4 Å². The maximum Gasteiger partial charge on any atom is 0.233 e. The summed E-state index contributed by atoms with van der Waals surface area (Å²) in [7, 11) is -1.22. The van der Waals surface area contributed by atoms with Crippen LogP contribution in [-0.4, -0.2) is 80.7 Å². The van der Waals surface area contributed by atoms with Crippen molar-refractivity contribution in [3.63, 3.8) is 0 Å². The number of rotatable bonds is 5. The molecule has 2 aliphatic rings. The monoisotopic (exact) mass is 384 g/mol. The van der Waals surface area contributed by atoms with Gasteiger partial charge in [0.05, 0.1) is 24.4 Å². The van der Waals surface area contributed by atoms with Gasteiger partial charge in [0.2, 0.25) is 5.91 Å². The number of hydrogen-bond donors (Lipinski definition) is 0. The van der Waals surface area contributed by atoms with Gasteiger partial charge in [0, 0.05) is 37.1 Å². The lowest BCUT2D eigenvalue weighted by molar-refractivity contribution is -0.130. The van der Waals surface area contributed by atoms with Crippen molar-refractivity contribution in [1.29, 1.82) is 0 Å². The van der Waals surface area contributed by atoms with Gasteiger partial charge in [0.1, 0.15) is 5.75 Å². The van der Waals surface area contributed by atoms with E-state index in [0.717, 1.165) is 30.2 Å². The molecular formula is C17H24N2O4S2. The summed E-state index contributed by atoms with van der Waals surface area (Å²) in [5, 5.41) is 0. The summed E-state index contributed by atoms with van der Waals surface area (Å²) in [6.07, 6.45) is 0.726. The van der Waals surface area contributed by atoms with Crippen molar-refractivity contribution in [2.75, 3.05) is 50.5 Å². The topological polar surface area (TPSA) is 66.9 Å². The van der Waals surface area contributed by atoms with Crippen LogP contribution in [0.4, 0.5) is 0 Å². The lowest BCUT2D eigenvalue weighted by atomic mass is 10.2. The van der Waals surface area contributed by atoms with Crippen LogP contribution in [0.15, 0.2) is 29.2 Å². The smallest absolute Gasteiger partial charge is 0.233 e. The molecular weight excluding hydrogens is 360 g/mol. The Morgan fingerprint density at radius 3 is 2.44 bits per heavy atom. The van der Waals surface area contributed by atoms with Crippen molar-refractivity contribution in [3.8, 4) is 5.75 Å². The van der Waals surface area contributed by atoms with Crippen molar-refractivity contribution < 1.29 is 17.9 Å². The summed E-state index contributed by atoms with van der Waals surface area (Å²) in [6.45, 7) is 2.88. The SMILES string of the molecule is COc1ccc(SCC(=O)N2CCN([C@H]3CCS(=O)(=O)C3)CC2)cc1. The second-order valence-corrected chi connectivity index (χ2v) is 9.72. The van der Waals surface area contributed by atoms with E-state index in [1.165, 1.54) is 11.8 Å². The van der Waals surface area contributed by atoms with E-state index in [-0.39, 0.29) is 17.7 Å². The molecule has 1 atom stereocenters. The van der Waals surface area contributed by atoms with Gasteiger partial charge in [-0.15, -0.1) is 11.8 Å². The summed E-state index contributed by atoms with van der Waals surface area (Å²) in [5.41, 5.74) is 0. The summed E-state index contributed by atoms with van der Waals surface area (Å²) < 4.78 is 28.4. The predicted octanol–water partition coefficient (Wildman–Crippen LogP) is 1.12. The van der Waals surface area contributed by atoms with E-state index < -0.39 is 9.84 Å². The highest BCUT2D eigenvalue weighted by molar-refractivity contribution is 8.00. The molecule has 0 unspecified atom stereocenters. The Balaban J connectivity index is 1.43. The molecule has 2 saturated heterocycles.